The molecule has 1 unspecified atom stereocenters. The van der Waals surface area contributed by atoms with Gasteiger partial charge < -0.3 is 14.8 Å². The third-order valence-corrected chi connectivity index (χ3v) is 1.86. The molecule has 1 rings (SSSR count). The van der Waals surface area contributed by atoms with Gasteiger partial charge in [0.25, 0.3) is 0 Å². The van der Waals surface area contributed by atoms with Crippen LogP contribution in [0.25, 0.3) is 0 Å². The lowest BCUT2D eigenvalue weighted by Gasteiger charge is -2.12. The summed E-state index contributed by atoms with van der Waals surface area (Å²) >= 11 is 0. The van der Waals surface area contributed by atoms with Gasteiger partial charge in [-0.3, -0.25) is 4.79 Å². The summed E-state index contributed by atoms with van der Waals surface area (Å²) in [7, 11) is 1.40. The van der Waals surface area contributed by atoms with Crippen LogP contribution in [-0.4, -0.2) is 38.9 Å². The first-order chi connectivity index (χ1) is 5.83. The molecule has 1 aliphatic rings. The second kappa shape index (κ2) is 5.11. The summed E-state index contributed by atoms with van der Waals surface area (Å²) < 4.78 is 9.84. The van der Waals surface area contributed by atoms with E-state index in [-0.39, 0.29) is 12.0 Å². The molecule has 70 valence electrons. The number of hydrogen-bond acceptors (Lipinski definition) is 4. The van der Waals surface area contributed by atoms with Crippen molar-refractivity contribution in [2.45, 2.75) is 18.9 Å². The zero-order valence-electron chi connectivity index (χ0n) is 7.34. The molecule has 0 radical (unpaired) electrons. The number of ether oxygens (including phenoxy) is 2. The minimum atomic E-state index is -0.182. The summed E-state index contributed by atoms with van der Waals surface area (Å²) in [6.07, 6.45) is 1.41. The van der Waals surface area contributed by atoms with Gasteiger partial charge in [-0.1, -0.05) is 0 Å². The normalized spacial score (nSPS) is 24.6. The molecule has 0 bridgehead atoms. The van der Waals surface area contributed by atoms with Crippen LogP contribution in [0.4, 0.5) is 0 Å². The highest BCUT2D eigenvalue weighted by Gasteiger charge is 2.15. The standard InChI is InChI=1S/C8H15NO3/c1-11-8(10)5-7-6-12-4-2-3-9-7/h7,9H,2-6H2,1H3. The highest BCUT2D eigenvalue weighted by atomic mass is 16.5. The van der Waals surface area contributed by atoms with Gasteiger partial charge in [0.15, 0.2) is 0 Å². The molecule has 0 aromatic carbocycles. The highest BCUT2D eigenvalue weighted by Crippen LogP contribution is 2.00. The van der Waals surface area contributed by atoms with Crippen molar-refractivity contribution in [2.24, 2.45) is 0 Å². The van der Waals surface area contributed by atoms with E-state index in [9.17, 15) is 4.79 Å². The summed E-state index contributed by atoms with van der Waals surface area (Å²) in [5.41, 5.74) is 0. The smallest absolute Gasteiger partial charge is 0.307 e. The van der Waals surface area contributed by atoms with Crippen LogP contribution in [0.2, 0.25) is 0 Å². The van der Waals surface area contributed by atoms with Gasteiger partial charge in [0, 0.05) is 12.6 Å². The van der Waals surface area contributed by atoms with E-state index in [2.05, 4.69) is 10.1 Å². The van der Waals surface area contributed by atoms with Gasteiger partial charge in [-0.2, -0.15) is 0 Å². The molecule has 0 aromatic rings. The lowest BCUT2D eigenvalue weighted by atomic mass is 10.2. The van der Waals surface area contributed by atoms with E-state index >= 15 is 0 Å². The SMILES string of the molecule is COC(=O)CC1COCCCN1. The Bertz CT molecular complexity index is 141. The van der Waals surface area contributed by atoms with Crippen molar-refractivity contribution in [1.82, 2.24) is 5.32 Å². The second-order valence-corrected chi connectivity index (χ2v) is 2.86. The maximum Gasteiger partial charge on any atom is 0.307 e. The fourth-order valence-electron chi connectivity index (χ4n) is 1.18. The van der Waals surface area contributed by atoms with Crippen molar-refractivity contribution in [3.63, 3.8) is 0 Å². The summed E-state index contributed by atoms with van der Waals surface area (Å²) in [6, 6.07) is 0.125. The third kappa shape index (κ3) is 3.19. The Morgan fingerprint density at radius 1 is 1.75 bits per heavy atom. The molecule has 1 N–H and O–H groups in total. The van der Waals surface area contributed by atoms with Crippen molar-refractivity contribution >= 4 is 5.97 Å². The lowest BCUT2D eigenvalue weighted by Crippen LogP contribution is -2.34. The van der Waals surface area contributed by atoms with Gasteiger partial charge in [-0.25, -0.2) is 0 Å². The number of methoxy groups -OCH3 is 1. The minimum absolute atomic E-state index is 0.125. The average molecular weight is 173 g/mol. The largest absolute Gasteiger partial charge is 0.469 e. The summed E-state index contributed by atoms with van der Waals surface area (Å²) in [6.45, 7) is 2.31. The topological polar surface area (TPSA) is 47.6 Å². The summed E-state index contributed by atoms with van der Waals surface area (Å²) in [5, 5.41) is 3.22. The fourth-order valence-corrected chi connectivity index (χ4v) is 1.18. The molecule has 0 spiro atoms. The van der Waals surface area contributed by atoms with E-state index in [1.165, 1.54) is 7.11 Å². The molecule has 1 heterocycles. The zero-order chi connectivity index (χ0) is 8.81. The molecule has 0 aliphatic carbocycles. The fraction of sp³-hybridized carbons (Fsp3) is 0.875. The Morgan fingerprint density at radius 3 is 3.33 bits per heavy atom. The second-order valence-electron chi connectivity index (χ2n) is 2.86. The molecule has 1 fully saturated rings. The van der Waals surface area contributed by atoms with E-state index in [0.717, 1.165) is 19.6 Å². The monoisotopic (exact) mass is 173 g/mol. The first-order valence-corrected chi connectivity index (χ1v) is 4.21. The molecule has 4 nitrogen and oxygen atoms in total. The number of carbonyl (C=O) groups is 1. The van der Waals surface area contributed by atoms with Gasteiger partial charge >= 0.3 is 5.97 Å². The molecule has 0 saturated carbocycles. The Balaban J connectivity index is 2.24. The van der Waals surface area contributed by atoms with Crippen LogP contribution in [-0.2, 0) is 14.3 Å². The molecule has 1 aliphatic heterocycles. The number of esters is 1. The van der Waals surface area contributed by atoms with Crippen molar-refractivity contribution in [3.05, 3.63) is 0 Å². The third-order valence-electron chi connectivity index (χ3n) is 1.86. The van der Waals surface area contributed by atoms with Gasteiger partial charge in [-0.15, -0.1) is 0 Å². The predicted octanol–water partition coefficient (Wildman–Crippen LogP) is -0.0720. The molecule has 1 atom stereocenters. The first-order valence-electron chi connectivity index (χ1n) is 4.21. The predicted molar refractivity (Wildman–Crippen MR) is 43.9 cm³/mol. The van der Waals surface area contributed by atoms with Crippen LogP contribution in [0.1, 0.15) is 12.8 Å². The van der Waals surface area contributed by atoms with Crippen molar-refractivity contribution < 1.29 is 14.3 Å². The van der Waals surface area contributed by atoms with Crippen LogP contribution in [0.5, 0.6) is 0 Å². The van der Waals surface area contributed by atoms with E-state index in [4.69, 9.17) is 4.74 Å². The van der Waals surface area contributed by atoms with Gasteiger partial charge in [0.05, 0.1) is 20.1 Å². The average Bonchev–Trinajstić information content (AvgIpc) is 2.33. The maximum atomic E-state index is 10.9. The molecule has 12 heavy (non-hydrogen) atoms. The lowest BCUT2D eigenvalue weighted by molar-refractivity contribution is -0.141. The number of carbonyl (C=O) groups excluding carboxylic acids is 1. The van der Waals surface area contributed by atoms with Gasteiger partial charge in [0.1, 0.15) is 0 Å². The quantitative estimate of drug-likeness (QED) is 0.594. The number of rotatable bonds is 2. The first kappa shape index (κ1) is 9.48. The maximum absolute atomic E-state index is 10.9. The molecule has 0 aromatic heterocycles. The van der Waals surface area contributed by atoms with Crippen LogP contribution in [0, 0.1) is 0 Å². The van der Waals surface area contributed by atoms with Crippen LogP contribution >= 0.6 is 0 Å². The van der Waals surface area contributed by atoms with Gasteiger partial charge in [-0.05, 0) is 13.0 Å². The Hall–Kier alpha value is -0.610. The number of hydrogen-bond donors (Lipinski definition) is 1. The Labute approximate surface area is 72.2 Å². The van der Waals surface area contributed by atoms with E-state index < -0.39 is 0 Å². The van der Waals surface area contributed by atoms with Crippen LogP contribution < -0.4 is 5.32 Å². The summed E-state index contributed by atoms with van der Waals surface area (Å²) in [5.74, 6) is -0.182. The van der Waals surface area contributed by atoms with Crippen molar-refractivity contribution in [3.8, 4) is 0 Å². The van der Waals surface area contributed by atoms with E-state index in [1.54, 1.807) is 0 Å². The molecule has 1 saturated heterocycles. The Morgan fingerprint density at radius 2 is 2.58 bits per heavy atom. The van der Waals surface area contributed by atoms with Crippen molar-refractivity contribution in [2.75, 3.05) is 26.9 Å². The van der Waals surface area contributed by atoms with E-state index in [0.29, 0.717) is 13.0 Å². The highest BCUT2D eigenvalue weighted by molar-refractivity contribution is 5.69. The van der Waals surface area contributed by atoms with E-state index in [1.807, 2.05) is 0 Å². The molecule has 4 heteroatoms. The summed E-state index contributed by atoms with van der Waals surface area (Å²) in [4.78, 5) is 10.9. The molecule has 0 amide bonds. The van der Waals surface area contributed by atoms with Gasteiger partial charge in [0.2, 0.25) is 0 Å². The Kier molecular flexibility index (Phi) is 4.04. The van der Waals surface area contributed by atoms with Crippen molar-refractivity contribution in [1.29, 1.82) is 0 Å². The van der Waals surface area contributed by atoms with Crippen LogP contribution in [0.3, 0.4) is 0 Å². The molecular weight excluding hydrogens is 158 g/mol. The zero-order valence-corrected chi connectivity index (χ0v) is 7.34. The minimum Gasteiger partial charge on any atom is -0.469 e. The number of nitrogens with one attached hydrogen (secondary N) is 1. The molecular formula is C8H15NO3. The van der Waals surface area contributed by atoms with Crippen LogP contribution in [0.15, 0.2) is 0 Å².